The third-order valence-electron chi connectivity index (χ3n) is 3.89. The van der Waals surface area contributed by atoms with Crippen molar-refractivity contribution in [3.8, 4) is 5.75 Å². The molecular formula is C20H24N2O4S. The van der Waals surface area contributed by atoms with Crippen LogP contribution < -0.4 is 14.8 Å². The highest BCUT2D eigenvalue weighted by Crippen LogP contribution is 2.21. The largest absolute Gasteiger partial charge is 0.491 e. The van der Waals surface area contributed by atoms with Gasteiger partial charge in [-0.3, -0.25) is 4.79 Å². The highest BCUT2D eigenvalue weighted by Gasteiger charge is 2.14. The molecule has 0 spiro atoms. The van der Waals surface area contributed by atoms with E-state index in [9.17, 15) is 13.2 Å². The molecule has 0 aromatic heterocycles. The van der Waals surface area contributed by atoms with E-state index in [1.807, 2.05) is 32.0 Å². The SMILES string of the molecule is C=CCNS(=O)(=O)c1ccc(C(=O)NCCOc2c(C)cccc2C)cc1. The molecule has 0 aliphatic heterocycles. The Hall–Kier alpha value is -2.64. The molecule has 0 aliphatic carbocycles. The Kier molecular flexibility index (Phi) is 7.15. The number of aryl methyl sites for hydroxylation is 2. The number of sulfonamides is 1. The summed E-state index contributed by atoms with van der Waals surface area (Å²) in [5.74, 6) is 0.538. The Bertz CT molecular complexity index is 886. The Morgan fingerprint density at radius 1 is 1.11 bits per heavy atom. The fourth-order valence-corrected chi connectivity index (χ4v) is 3.48. The maximum absolute atomic E-state index is 12.2. The Balaban J connectivity index is 1.88. The van der Waals surface area contributed by atoms with E-state index in [0.717, 1.165) is 16.9 Å². The zero-order chi connectivity index (χ0) is 19.9. The van der Waals surface area contributed by atoms with Crippen molar-refractivity contribution in [3.63, 3.8) is 0 Å². The molecule has 1 amide bonds. The van der Waals surface area contributed by atoms with Gasteiger partial charge in [0.05, 0.1) is 11.4 Å². The molecule has 0 atom stereocenters. The van der Waals surface area contributed by atoms with Gasteiger partial charge in [-0.1, -0.05) is 24.3 Å². The number of hydrogen-bond acceptors (Lipinski definition) is 4. The predicted molar refractivity (Wildman–Crippen MR) is 106 cm³/mol. The monoisotopic (exact) mass is 388 g/mol. The van der Waals surface area contributed by atoms with Crippen molar-refractivity contribution in [2.75, 3.05) is 19.7 Å². The summed E-state index contributed by atoms with van der Waals surface area (Å²) in [5.41, 5.74) is 2.47. The van der Waals surface area contributed by atoms with Crippen molar-refractivity contribution in [2.24, 2.45) is 0 Å². The molecule has 2 aromatic carbocycles. The molecule has 6 nitrogen and oxygen atoms in total. The molecule has 144 valence electrons. The van der Waals surface area contributed by atoms with Crippen molar-refractivity contribution in [3.05, 3.63) is 71.8 Å². The van der Waals surface area contributed by atoms with Gasteiger partial charge in [0.25, 0.3) is 5.91 Å². The lowest BCUT2D eigenvalue weighted by molar-refractivity contribution is 0.0947. The Morgan fingerprint density at radius 3 is 2.33 bits per heavy atom. The first kappa shape index (κ1) is 20.7. The number of benzene rings is 2. The van der Waals surface area contributed by atoms with Crippen LogP contribution in [0.2, 0.25) is 0 Å². The molecular weight excluding hydrogens is 364 g/mol. The van der Waals surface area contributed by atoms with Gasteiger partial charge in [0.2, 0.25) is 10.0 Å². The molecule has 0 fully saturated rings. The average Bonchev–Trinajstić information content (AvgIpc) is 2.65. The first-order valence-electron chi connectivity index (χ1n) is 8.53. The summed E-state index contributed by atoms with van der Waals surface area (Å²) in [6.45, 7) is 8.24. The van der Waals surface area contributed by atoms with Crippen LogP contribution in [-0.2, 0) is 10.0 Å². The minimum Gasteiger partial charge on any atom is -0.491 e. The molecule has 2 aromatic rings. The highest BCUT2D eigenvalue weighted by atomic mass is 32.2. The Labute approximate surface area is 160 Å². The van der Waals surface area contributed by atoms with E-state index in [0.29, 0.717) is 18.7 Å². The van der Waals surface area contributed by atoms with Gasteiger partial charge in [-0.15, -0.1) is 6.58 Å². The van der Waals surface area contributed by atoms with Crippen LogP contribution in [0.1, 0.15) is 21.5 Å². The number of hydrogen-bond donors (Lipinski definition) is 2. The lowest BCUT2D eigenvalue weighted by Crippen LogP contribution is -2.28. The van der Waals surface area contributed by atoms with E-state index in [-0.39, 0.29) is 17.3 Å². The number of rotatable bonds is 9. The molecule has 0 heterocycles. The summed E-state index contributed by atoms with van der Waals surface area (Å²) < 4.78 is 32.1. The molecule has 0 unspecified atom stereocenters. The first-order valence-corrected chi connectivity index (χ1v) is 10.0. The fraction of sp³-hybridized carbons (Fsp3) is 0.250. The van der Waals surface area contributed by atoms with Gasteiger partial charge in [0.1, 0.15) is 12.4 Å². The number of amides is 1. The van der Waals surface area contributed by atoms with Crippen LogP contribution >= 0.6 is 0 Å². The van der Waals surface area contributed by atoms with Gasteiger partial charge < -0.3 is 10.1 Å². The topological polar surface area (TPSA) is 84.5 Å². The van der Waals surface area contributed by atoms with Crippen LogP contribution in [0.4, 0.5) is 0 Å². The van der Waals surface area contributed by atoms with Gasteiger partial charge in [-0.05, 0) is 49.2 Å². The van der Waals surface area contributed by atoms with Crippen molar-refractivity contribution >= 4 is 15.9 Å². The quantitative estimate of drug-likeness (QED) is 0.511. The molecule has 0 saturated heterocycles. The van der Waals surface area contributed by atoms with Gasteiger partial charge >= 0.3 is 0 Å². The number of carbonyl (C=O) groups excluding carboxylic acids is 1. The standard InChI is InChI=1S/C20H24N2O4S/c1-4-12-22-27(24,25)18-10-8-17(9-11-18)20(23)21-13-14-26-19-15(2)6-5-7-16(19)3/h4-11,22H,1,12-14H2,2-3H3,(H,21,23). The zero-order valence-electron chi connectivity index (χ0n) is 15.5. The number of carbonyl (C=O) groups is 1. The van der Waals surface area contributed by atoms with Crippen LogP contribution in [0.15, 0.2) is 60.0 Å². The van der Waals surface area contributed by atoms with Crippen LogP contribution in [-0.4, -0.2) is 34.0 Å². The predicted octanol–water partition coefficient (Wildman–Crippen LogP) is 2.58. The van der Waals surface area contributed by atoms with Crippen LogP contribution in [0, 0.1) is 13.8 Å². The maximum Gasteiger partial charge on any atom is 0.251 e. The van der Waals surface area contributed by atoms with Crippen LogP contribution in [0.5, 0.6) is 5.75 Å². The summed E-state index contributed by atoms with van der Waals surface area (Å²) in [6.07, 6.45) is 1.46. The van der Waals surface area contributed by atoms with Gasteiger partial charge in [0, 0.05) is 12.1 Å². The molecule has 27 heavy (non-hydrogen) atoms. The van der Waals surface area contributed by atoms with E-state index in [2.05, 4.69) is 16.6 Å². The van der Waals surface area contributed by atoms with Crippen molar-refractivity contribution in [1.29, 1.82) is 0 Å². The van der Waals surface area contributed by atoms with E-state index in [1.165, 1.54) is 30.3 Å². The lowest BCUT2D eigenvalue weighted by atomic mass is 10.1. The van der Waals surface area contributed by atoms with Gasteiger partial charge in [-0.2, -0.15) is 0 Å². The van der Waals surface area contributed by atoms with Crippen molar-refractivity contribution < 1.29 is 17.9 Å². The van der Waals surface area contributed by atoms with E-state index in [4.69, 9.17) is 4.74 Å². The maximum atomic E-state index is 12.2. The second-order valence-corrected chi connectivity index (χ2v) is 7.76. The highest BCUT2D eigenvalue weighted by molar-refractivity contribution is 7.89. The van der Waals surface area contributed by atoms with E-state index >= 15 is 0 Å². The molecule has 0 bridgehead atoms. The van der Waals surface area contributed by atoms with Crippen molar-refractivity contribution in [1.82, 2.24) is 10.0 Å². The zero-order valence-corrected chi connectivity index (χ0v) is 16.3. The third kappa shape index (κ3) is 5.67. The smallest absolute Gasteiger partial charge is 0.251 e. The molecule has 2 N–H and O–H groups in total. The van der Waals surface area contributed by atoms with Gasteiger partial charge in [0.15, 0.2) is 0 Å². The molecule has 2 rings (SSSR count). The lowest BCUT2D eigenvalue weighted by Gasteiger charge is -2.12. The Morgan fingerprint density at radius 2 is 1.74 bits per heavy atom. The summed E-state index contributed by atoms with van der Waals surface area (Å²) in [5, 5.41) is 2.76. The first-order chi connectivity index (χ1) is 12.8. The molecule has 0 saturated carbocycles. The normalized spacial score (nSPS) is 11.0. The van der Waals surface area contributed by atoms with Gasteiger partial charge in [-0.25, -0.2) is 13.1 Å². The summed E-state index contributed by atoms with van der Waals surface area (Å²) >= 11 is 0. The number of para-hydroxylation sites is 1. The average molecular weight is 388 g/mol. The van der Waals surface area contributed by atoms with E-state index in [1.54, 1.807) is 0 Å². The molecule has 7 heteroatoms. The minimum absolute atomic E-state index is 0.0965. The summed E-state index contributed by atoms with van der Waals surface area (Å²) in [6, 6.07) is 11.7. The fourth-order valence-electron chi connectivity index (χ4n) is 2.48. The number of nitrogens with one attached hydrogen (secondary N) is 2. The van der Waals surface area contributed by atoms with E-state index < -0.39 is 10.0 Å². The second kappa shape index (κ2) is 9.34. The summed E-state index contributed by atoms with van der Waals surface area (Å²) in [7, 11) is -3.60. The minimum atomic E-state index is -3.60. The molecule has 0 radical (unpaired) electrons. The number of ether oxygens (including phenoxy) is 1. The van der Waals surface area contributed by atoms with Crippen LogP contribution in [0.3, 0.4) is 0 Å². The molecule has 0 aliphatic rings. The van der Waals surface area contributed by atoms with Crippen LogP contribution in [0.25, 0.3) is 0 Å². The third-order valence-corrected chi connectivity index (χ3v) is 5.33. The van der Waals surface area contributed by atoms with Crippen molar-refractivity contribution in [2.45, 2.75) is 18.7 Å². The second-order valence-electron chi connectivity index (χ2n) is 5.99. The summed E-state index contributed by atoms with van der Waals surface area (Å²) in [4.78, 5) is 12.3.